The van der Waals surface area contributed by atoms with Gasteiger partial charge >= 0.3 is 0 Å². The van der Waals surface area contributed by atoms with Gasteiger partial charge in [0.2, 0.25) is 0 Å². The van der Waals surface area contributed by atoms with Gasteiger partial charge in [0.05, 0.1) is 6.61 Å². The molecule has 1 aromatic carbocycles. The van der Waals surface area contributed by atoms with Crippen molar-refractivity contribution in [3.8, 4) is 29.4 Å². The maximum Gasteiger partial charge on any atom is 0.159 e. The Bertz CT molecular complexity index is 754. The Morgan fingerprint density at radius 1 is 0.629 bits per heavy atom. The van der Waals surface area contributed by atoms with E-state index < -0.39 is 0 Å². The second-order valence-electron chi connectivity index (χ2n) is 9.69. The van der Waals surface area contributed by atoms with E-state index in [1.807, 2.05) is 24.3 Å². The lowest BCUT2D eigenvalue weighted by molar-refractivity contribution is 0.101. The number of ketones is 1. The lowest BCUT2D eigenvalue weighted by atomic mass is 10.1. The molecular formula is C33H50O2. The lowest BCUT2D eigenvalue weighted by Gasteiger charge is -2.06. The summed E-state index contributed by atoms with van der Waals surface area (Å²) in [5, 5.41) is 0. The van der Waals surface area contributed by atoms with E-state index in [9.17, 15) is 4.79 Å². The van der Waals surface area contributed by atoms with Crippen molar-refractivity contribution in [1.29, 1.82) is 0 Å². The molecule has 0 aliphatic rings. The molecule has 0 radical (unpaired) electrons. The summed E-state index contributed by atoms with van der Waals surface area (Å²) in [6, 6.07) is 7.41. The average Bonchev–Trinajstić information content (AvgIpc) is 2.87. The Hall–Kier alpha value is -2.19. The van der Waals surface area contributed by atoms with E-state index in [2.05, 4.69) is 30.6 Å². The van der Waals surface area contributed by atoms with Crippen LogP contribution >= 0.6 is 0 Å². The molecule has 2 heteroatoms. The predicted molar refractivity (Wildman–Crippen MR) is 151 cm³/mol. The van der Waals surface area contributed by atoms with Crippen molar-refractivity contribution in [3.63, 3.8) is 0 Å². The first-order chi connectivity index (χ1) is 17.2. The molecule has 0 aliphatic heterocycles. The Labute approximate surface area is 217 Å². The summed E-state index contributed by atoms with van der Waals surface area (Å²) in [7, 11) is 0. The smallest absolute Gasteiger partial charge is 0.159 e. The molecule has 1 rings (SSSR count). The molecule has 2 nitrogen and oxygen atoms in total. The number of ether oxygens (including phenoxy) is 1. The molecule has 1 aromatic rings. The first kappa shape index (κ1) is 30.8. The van der Waals surface area contributed by atoms with Crippen molar-refractivity contribution in [2.45, 2.75) is 136 Å². The molecule has 0 heterocycles. The minimum atomic E-state index is 0.0899. The van der Waals surface area contributed by atoms with Crippen LogP contribution in [0.15, 0.2) is 24.3 Å². The van der Waals surface area contributed by atoms with Crippen molar-refractivity contribution in [1.82, 2.24) is 0 Å². The molecule has 0 saturated heterocycles. The highest BCUT2D eigenvalue weighted by atomic mass is 16.5. The fourth-order valence-electron chi connectivity index (χ4n) is 4.09. The monoisotopic (exact) mass is 478 g/mol. The molecule has 0 saturated carbocycles. The van der Waals surface area contributed by atoms with Crippen LogP contribution in [0.1, 0.15) is 146 Å². The van der Waals surface area contributed by atoms with Crippen molar-refractivity contribution < 1.29 is 9.53 Å². The number of carbonyl (C=O) groups is 1. The quantitative estimate of drug-likeness (QED) is 0.0998. The van der Waals surface area contributed by atoms with Crippen LogP contribution in [0, 0.1) is 23.7 Å². The van der Waals surface area contributed by atoms with Gasteiger partial charge in [0, 0.05) is 18.4 Å². The molecule has 0 atom stereocenters. The Kier molecular flexibility index (Phi) is 20.7. The summed E-state index contributed by atoms with van der Waals surface area (Å²) in [4.78, 5) is 11.3. The molecule has 0 aliphatic carbocycles. The molecule has 0 unspecified atom stereocenters. The minimum absolute atomic E-state index is 0.0899. The molecule has 0 aromatic heterocycles. The van der Waals surface area contributed by atoms with Gasteiger partial charge in [-0.05, 0) is 62.3 Å². The van der Waals surface area contributed by atoms with E-state index in [4.69, 9.17) is 4.74 Å². The van der Waals surface area contributed by atoms with Crippen LogP contribution in [0.2, 0.25) is 0 Å². The third-order valence-corrected chi connectivity index (χ3v) is 6.37. The zero-order chi connectivity index (χ0) is 25.2. The zero-order valence-electron chi connectivity index (χ0n) is 22.8. The summed E-state index contributed by atoms with van der Waals surface area (Å²) in [6.07, 6.45) is 24.3. The number of hydrogen-bond donors (Lipinski definition) is 0. The number of unbranched alkanes of at least 4 members (excludes halogenated alkanes) is 17. The van der Waals surface area contributed by atoms with Gasteiger partial charge in [0.1, 0.15) is 5.75 Å². The summed E-state index contributed by atoms with van der Waals surface area (Å²) in [6.45, 7) is 4.61. The topological polar surface area (TPSA) is 26.3 Å². The maximum absolute atomic E-state index is 11.3. The van der Waals surface area contributed by atoms with Crippen molar-refractivity contribution in [2.75, 3.05) is 6.61 Å². The SMILES string of the molecule is CCCCCCCCCCCCC#CC#CCCCCCCCCCOc1ccc(C(C)=O)cc1. The highest BCUT2D eigenvalue weighted by Crippen LogP contribution is 2.14. The van der Waals surface area contributed by atoms with Gasteiger partial charge in [-0.15, -0.1) is 0 Å². The normalized spacial score (nSPS) is 10.2. The van der Waals surface area contributed by atoms with Gasteiger partial charge in [-0.3, -0.25) is 4.79 Å². The zero-order valence-corrected chi connectivity index (χ0v) is 22.8. The van der Waals surface area contributed by atoms with E-state index >= 15 is 0 Å². The number of Topliss-reactive ketones (excluding diaryl/α,β-unsaturated/α-hetero) is 1. The molecule has 0 spiro atoms. The molecule has 0 bridgehead atoms. The standard InChI is InChI=1S/C33H50O2/c1-3-4-5-6-7-8-9-10-11-12-13-14-15-16-17-18-19-20-21-22-23-24-25-30-35-33-28-26-32(27-29-33)31(2)34/h26-29H,3-13,18-25,30H2,1-2H3. The van der Waals surface area contributed by atoms with Gasteiger partial charge in [0.25, 0.3) is 0 Å². The lowest BCUT2D eigenvalue weighted by Crippen LogP contribution is -1.98. The van der Waals surface area contributed by atoms with Crippen LogP contribution in [0.25, 0.3) is 0 Å². The van der Waals surface area contributed by atoms with Gasteiger partial charge in [-0.25, -0.2) is 0 Å². The van der Waals surface area contributed by atoms with Gasteiger partial charge < -0.3 is 4.74 Å². The first-order valence-electron chi connectivity index (χ1n) is 14.4. The van der Waals surface area contributed by atoms with Gasteiger partial charge in [-0.2, -0.15) is 0 Å². The molecule has 35 heavy (non-hydrogen) atoms. The highest BCUT2D eigenvalue weighted by Gasteiger charge is 1.99. The second-order valence-corrected chi connectivity index (χ2v) is 9.69. The maximum atomic E-state index is 11.3. The fraction of sp³-hybridized carbons (Fsp3) is 0.667. The van der Waals surface area contributed by atoms with E-state index in [0.29, 0.717) is 0 Å². The summed E-state index contributed by atoms with van der Waals surface area (Å²) < 4.78 is 5.75. The molecule has 0 N–H and O–H groups in total. The summed E-state index contributed by atoms with van der Waals surface area (Å²) in [5.41, 5.74) is 0.732. The molecular weight excluding hydrogens is 428 g/mol. The van der Waals surface area contributed by atoms with Crippen molar-refractivity contribution in [2.24, 2.45) is 0 Å². The Morgan fingerprint density at radius 3 is 1.51 bits per heavy atom. The van der Waals surface area contributed by atoms with Crippen LogP contribution < -0.4 is 4.74 Å². The van der Waals surface area contributed by atoms with E-state index in [1.165, 1.54) is 103 Å². The molecule has 0 fully saturated rings. The number of hydrogen-bond acceptors (Lipinski definition) is 2. The van der Waals surface area contributed by atoms with Crippen molar-refractivity contribution >= 4 is 5.78 Å². The summed E-state index contributed by atoms with van der Waals surface area (Å²) in [5.74, 6) is 13.4. The van der Waals surface area contributed by atoms with E-state index in [0.717, 1.165) is 37.2 Å². The summed E-state index contributed by atoms with van der Waals surface area (Å²) >= 11 is 0. The third kappa shape index (κ3) is 19.8. The van der Waals surface area contributed by atoms with E-state index in [-0.39, 0.29) is 5.78 Å². The first-order valence-corrected chi connectivity index (χ1v) is 14.4. The third-order valence-electron chi connectivity index (χ3n) is 6.37. The largest absolute Gasteiger partial charge is 0.494 e. The highest BCUT2D eigenvalue weighted by molar-refractivity contribution is 5.94. The Morgan fingerprint density at radius 2 is 1.06 bits per heavy atom. The Balaban J connectivity index is 1.82. The fourth-order valence-corrected chi connectivity index (χ4v) is 4.09. The predicted octanol–water partition coefficient (Wildman–Crippen LogP) is 9.71. The number of rotatable bonds is 21. The minimum Gasteiger partial charge on any atom is -0.494 e. The number of carbonyl (C=O) groups excluding carboxylic acids is 1. The van der Waals surface area contributed by atoms with Gasteiger partial charge in [0.15, 0.2) is 5.78 Å². The average molecular weight is 479 g/mol. The van der Waals surface area contributed by atoms with E-state index in [1.54, 1.807) is 6.92 Å². The molecule has 194 valence electrons. The molecule has 0 amide bonds. The van der Waals surface area contributed by atoms with Crippen LogP contribution in [0.3, 0.4) is 0 Å². The van der Waals surface area contributed by atoms with Crippen LogP contribution in [-0.4, -0.2) is 12.4 Å². The second kappa shape index (κ2) is 23.5. The van der Waals surface area contributed by atoms with Crippen LogP contribution in [0.5, 0.6) is 5.75 Å². The van der Waals surface area contributed by atoms with Gasteiger partial charge in [-0.1, -0.05) is 109 Å². The van der Waals surface area contributed by atoms with Crippen LogP contribution in [-0.2, 0) is 0 Å². The number of benzene rings is 1. The van der Waals surface area contributed by atoms with Crippen LogP contribution in [0.4, 0.5) is 0 Å². The van der Waals surface area contributed by atoms with Crippen molar-refractivity contribution in [3.05, 3.63) is 29.8 Å².